The molecule has 0 aliphatic rings. The van der Waals surface area contributed by atoms with Gasteiger partial charge in [0.2, 0.25) is 5.91 Å². The van der Waals surface area contributed by atoms with Crippen LogP contribution >= 0.6 is 0 Å². The molecule has 84 valence electrons. The normalized spacial score (nSPS) is 14.4. The van der Waals surface area contributed by atoms with E-state index in [2.05, 4.69) is 0 Å². The third-order valence-electron chi connectivity index (χ3n) is 2.08. The number of nitrogens with two attached hydrogens (primary N) is 1. The molecule has 0 rings (SSSR count). The van der Waals surface area contributed by atoms with E-state index < -0.39 is 5.60 Å². The summed E-state index contributed by atoms with van der Waals surface area (Å²) in [6.07, 6.45) is 0. The average Bonchev–Trinajstić information content (AvgIpc) is 2.00. The van der Waals surface area contributed by atoms with Gasteiger partial charge in [-0.1, -0.05) is 13.8 Å². The smallest absolute Gasteiger partial charge is 0.221 e. The van der Waals surface area contributed by atoms with Crippen LogP contribution in [0.25, 0.3) is 0 Å². The molecule has 0 radical (unpaired) electrons. The van der Waals surface area contributed by atoms with E-state index in [9.17, 15) is 9.90 Å². The van der Waals surface area contributed by atoms with Crippen molar-refractivity contribution < 1.29 is 9.90 Å². The number of aliphatic hydroxyl groups is 1. The zero-order chi connectivity index (χ0) is 11.4. The number of carbonyl (C=O) groups excluding carboxylic acids is 1. The maximum atomic E-state index is 10.8. The van der Waals surface area contributed by atoms with Gasteiger partial charge in [0.25, 0.3) is 0 Å². The number of hydrogen-bond acceptors (Lipinski definition) is 3. The number of primary amides is 1. The van der Waals surface area contributed by atoms with E-state index in [-0.39, 0.29) is 11.8 Å². The Hall–Kier alpha value is -0.610. The van der Waals surface area contributed by atoms with E-state index in [0.29, 0.717) is 13.1 Å². The summed E-state index contributed by atoms with van der Waals surface area (Å²) in [4.78, 5) is 12.9. The second-order valence-electron chi connectivity index (χ2n) is 4.44. The van der Waals surface area contributed by atoms with Crippen LogP contribution in [0.4, 0.5) is 0 Å². The zero-order valence-corrected chi connectivity index (χ0v) is 9.58. The monoisotopic (exact) mass is 202 g/mol. The molecule has 0 saturated heterocycles. The minimum Gasteiger partial charge on any atom is -0.389 e. The zero-order valence-electron chi connectivity index (χ0n) is 9.58. The van der Waals surface area contributed by atoms with Gasteiger partial charge in [0.05, 0.1) is 5.60 Å². The fourth-order valence-corrected chi connectivity index (χ4v) is 1.33. The molecule has 1 atom stereocenters. The van der Waals surface area contributed by atoms with Gasteiger partial charge < -0.3 is 10.8 Å². The Morgan fingerprint density at radius 1 is 1.57 bits per heavy atom. The van der Waals surface area contributed by atoms with Crippen molar-refractivity contribution in [2.45, 2.75) is 33.3 Å². The van der Waals surface area contributed by atoms with Crippen molar-refractivity contribution in [3.05, 3.63) is 0 Å². The van der Waals surface area contributed by atoms with Crippen LogP contribution in [-0.2, 0) is 4.79 Å². The van der Waals surface area contributed by atoms with E-state index >= 15 is 0 Å². The standard InChI is InChI=1S/C10H22N2O2/c1-5-12(7-10(3,4)14)6-8(2)9(11)13/h8,14H,5-7H2,1-4H3,(H2,11,13). The lowest BCUT2D eigenvalue weighted by Gasteiger charge is -2.29. The third kappa shape index (κ3) is 5.94. The van der Waals surface area contributed by atoms with Crippen LogP contribution in [0.3, 0.4) is 0 Å². The van der Waals surface area contributed by atoms with Gasteiger partial charge in [0.1, 0.15) is 0 Å². The van der Waals surface area contributed by atoms with Crippen molar-refractivity contribution in [1.82, 2.24) is 4.90 Å². The molecule has 0 aromatic rings. The summed E-state index contributed by atoms with van der Waals surface area (Å²) in [5.41, 5.74) is 4.45. The Bertz CT molecular complexity index is 187. The first-order chi connectivity index (χ1) is 6.26. The molecule has 0 saturated carbocycles. The number of rotatable bonds is 6. The predicted octanol–water partition coefficient (Wildman–Crippen LogP) is 0.201. The Balaban J connectivity index is 4.10. The van der Waals surface area contributed by atoms with Gasteiger partial charge in [-0.2, -0.15) is 0 Å². The SMILES string of the molecule is CCN(CC(C)C(N)=O)CC(C)(C)O. The number of hydrogen-bond donors (Lipinski definition) is 2. The molecule has 4 heteroatoms. The van der Waals surface area contributed by atoms with Crippen LogP contribution in [0.2, 0.25) is 0 Å². The summed E-state index contributed by atoms with van der Waals surface area (Å²) in [5, 5.41) is 9.61. The summed E-state index contributed by atoms with van der Waals surface area (Å²) in [5.74, 6) is -0.462. The molecule has 0 fully saturated rings. The van der Waals surface area contributed by atoms with Crippen molar-refractivity contribution in [3.63, 3.8) is 0 Å². The quantitative estimate of drug-likeness (QED) is 0.646. The maximum Gasteiger partial charge on any atom is 0.221 e. The second kappa shape index (κ2) is 5.32. The Morgan fingerprint density at radius 3 is 2.36 bits per heavy atom. The summed E-state index contributed by atoms with van der Waals surface area (Å²) in [7, 11) is 0. The number of likely N-dealkylation sites (N-methyl/N-ethyl adjacent to an activating group) is 1. The molecular weight excluding hydrogens is 180 g/mol. The molecule has 1 unspecified atom stereocenters. The summed E-state index contributed by atoms with van der Waals surface area (Å²) >= 11 is 0. The highest BCUT2D eigenvalue weighted by molar-refractivity contribution is 5.76. The van der Waals surface area contributed by atoms with Crippen molar-refractivity contribution in [1.29, 1.82) is 0 Å². The van der Waals surface area contributed by atoms with Gasteiger partial charge in [-0.3, -0.25) is 9.69 Å². The first-order valence-electron chi connectivity index (χ1n) is 5.00. The van der Waals surface area contributed by atoms with E-state index in [1.54, 1.807) is 20.8 Å². The second-order valence-corrected chi connectivity index (χ2v) is 4.44. The van der Waals surface area contributed by atoms with Crippen LogP contribution in [0.5, 0.6) is 0 Å². The van der Waals surface area contributed by atoms with Crippen LogP contribution in [-0.4, -0.2) is 41.1 Å². The Labute approximate surface area is 86.1 Å². The molecule has 3 N–H and O–H groups in total. The summed E-state index contributed by atoms with van der Waals surface area (Å²) in [6.45, 7) is 9.28. The number of nitrogens with zero attached hydrogens (tertiary/aromatic N) is 1. The van der Waals surface area contributed by atoms with Gasteiger partial charge >= 0.3 is 0 Å². The lowest BCUT2D eigenvalue weighted by molar-refractivity contribution is -0.122. The van der Waals surface area contributed by atoms with E-state index in [0.717, 1.165) is 6.54 Å². The largest absolute Gasteiger partial charge is 0.389 e. The topological polar surface area (TPSA) is 66.6 Å². The Morgan fingerprint density at radius 2 is 2.07 bits per heavy atom. The first-order valence-corrected chi connectivity index (χ1v) is 5.00. The van der Waals surface area contributed by atoms with Crippen LogP contribution in [0.1, 0.15) is 27.7 Å². The number of carbonyl (C=O) groups is 1. The van der Waals surface area contributed by atoms with E-state index in [1.165, 1.54) is 0 Å². The molecule has 0 aromatic heterocycles. The van der Waals surface area contributed by atoms with Gasteiger partial charge in [-0.05, 0) is 20.4 Å². The molecular formula is C10H22N2O2. The molecule has 1 amide bonds. The fourth-order valence-electron chi connectivity index (χ4n) is 1.33. The van der Waals surface area contributed by atoms with Gasteiger partial charge in [0, 0.05) is 19.0 Å². The minimum absolute atomic E-state index is 0.169. The van der Waals surface area contributed by atoms with Crippen molar-refractivity contribution in [3.8, 4) is 0 Å². The van der Waals surface area contributed by atoms with Crippen molar-refractivity contribution in [2.24, 2.45) is 11.7 Å². The Kier molecular flexibility index (Phi) is 5.08. The molecule has 4 nitrogen and oxygen atoms in total. The lowest BCUT2D eigenvalue weighted by Crippen LogP contribution is -2.42. The highest BCUT2D eigenvalue weighted by atomic mass is 16.3. The summed E-state index contributed by atoms with van der Waals surface area (Å²) in [6, 6.07) is 0. The third-order valence-corrected chi connectivity index (χ3v) is 2.08. The molecule has 0 bridgehead atoms. The molecule has 0 aliphatic carbocycles. The highest BCUT2D eigenvalue weighted by Crippen LogP contribution is 2.07. The molecule has 0 aliphatic heterocycles. The molecule has 0 heterocycles. The lowest BCUT2D eigenvalue weighted by atomic mass is 10.1. The highest BCUT2D eigenvalue weighted by Gasteiger charge is 2.20. The number of amides is 1. The molecule has 0 aromatic carbocycles. The minimum atomic E-state index is -0.729. The first kappa shape index (κ1) is 13.4. The average molecular weight is 202 g/mol. The predicted molar refractivity (Wildman–Crippen MR) is 56.8 cm³/mol. The summed E-state index contributed by atoms with van der Waals surface area (Å²) < 4.78 is 0. The fraction of sp³-hybridized carbons (Fsp3) is 0.900. The van der Waals surface area contributed by atoms with Crippen LogP contribution < -0.4 is 5.73 Å². The van der Waals surface area contributed by atoms with Crippen LogP contribution in [0.15, 0.2) is 0 Å². The maximum absolute atomic E-state index is 10.8. The van der Waals surface area contributed by atoms with Gasteiger partial charge in [0.15, 0.2) is 0 Å². The van der Waals surface area contributed by atoms with Gasteiger partial charge in [-0.15, -0.1) is 0 Å². The van der Waals surface area contributed by atoms with E-state index in [4.69, 9.17) is 5.73 Å². The molecule has 0 spiro atoms. The van der Waals surface area contributed by atoms with Crippen molar-refractivity contribution >= 4 is 5.91 Å². The molecule has 14 heavy (non-hydrogen) atoms. The van der Waals surface area contributed by atoms with E-state index in [1.807, 2.05) is 11.8 Å². The van der Waals surface area contributed by atoms with Crippen molar-refractivity contribution in [2.75, 3.05) is 19.6 Å². The van der Waals surface area contributed by atoms with Crippen LogP contribution in [0, 0.1) is 5.92 Å². The van der Waals surface area contributed by atoms with Gasteiger partial charge in [-0.25, -0.2) is 0 Å².